The predicted octanol–water partition coefficient (Wildman–Crippen LogP) is 2.51. The Balaban J connectivity index is 1.83. The summed E-state index contributed by atoms with van der Waals surface area (Å²) in [4.78, 5) is 20.8. The number of anilines is 1. The molecule has 0 saturated heterocycles. The van der Waals surface area contributed by atoms with Gasteiger partial charge in [-0.1, -0.05) is 17.7 Å². The first-order chi connectivity index (χ1) is 14.0. The maximum Gasteiger partial charge on any atom is 0.251 e. The summed E-state index contributed by atoms with van der Waals surface area (Å²) in [5.41, 5.74) is 4.62. The van der Waals surface area contributed by atoms with Gasteiger partial charge in [-0.25, -0.2) is 14.6 Å². The van der Waals surface area contributed by atoms with E-state index in [-0.39, 0.29) is 12.5 Å². The molecule has 148 valence electrons. The van der Waals surface area contributed by atoms with E-state index in [1.165, 1.54) is 19.0 Å². The Morgan fingerprint density at radius 1 is 1.14 bits per heavy atom. The van der Waals surface area contributed by atoms with E-state index in [0.29, 0.717) is 17.3 Å². The zero-order valence-corrected chi connectivity index (χ0v) is 16.7. The molecule has 3 aromatic heterocycles. The number of nitrogens with one attached hydrogen (secondary N) is 1. The van der Waals surface area contributed by atoms with Crippen LogP contribution in [0.25, 0.3) is 22.5 Å². The van der Waals surface area contributed by atoms with Crippen LogP contribution in [0.5, 0.6) is 0 Å². The Bertz CT molecular complexity index is 1210. The Kier molecular flexibility index (Phi) is 4.81. The van der Waals surface area contributed by atoms with Crippen LogP contribution in [-0.4, -0.2) is 49.2 Å². The molecule has 1 aromatic carbocycles. The van der Waals surface area contributed by atoms with Gasteiger partial charge in [-0.2, -0.15) is 14.9 Å². The average Bonchev–Trinajstić information content (AvgIpc) is 3.25. The van der Waals surface area contributed by atoms with Crippen molar-refractivity contribution in [3.8, 4) is 11.5 Å². The molecule has 0 atom stereocenters. The number of hydrogen-bond acceptors (Lipinski definition) is 6. The van der Waals surface area contributed by atoms with E-state index in [2.05, 4.69) is 38.5 Å². The second-order valence-electron chi connectivity index (χ2n) is 6.84. The Hall–Kier alpha value is -3.59. The summed E-state index contributed by atoms with van der Waals surface area (Å²) >= 11 is 0. The quantitative estimate of drug-likeness (QED) is 0.561. The number of carbonyl (C=O) groups is 1. The van der Waals surface area contributed by atoms with Crippen molar-refractivity contribution in [2.24, 2.45) is 0 Å². The third-order valence-corrected chi connectivity index (χ3v) is 4.50. The molecular weight excluding hydrogens is 370 g/mol. The number of aryl methyl sites for hydroxylation is 3. The smallest absolute Gasteiger partial charge is 0.251 e. The van der Waals surface area contributed by atoms with Crippen LogP contribution in [0.4, 0.5) is 5.82 Å². The molecule has 0 aliphatic heterocycles. The van der Waals surface area contributed by atoms with Crippen LogP contribution in [0.1, 0.15) is 16.8 Å². The SMILES string of the molecule is COCC(=O)Nc1cc(C)nn1-c1ncnc2c1cnn2-c1ccc(C)cc1C. The zero-order chi connectivity index (χ0) is 20.5. The van der Waals surface area contributed by atoms with Crippen molar-refractivity contribution >= 4 is 22.8 Å². The van der Waals surface area contributed by atoms with Crippen LogP contribution in [0, 0.1) is 20.8 Å². The van der Waals surface area contributed by atoms with Gasteiger partial charge in [-0.15, -0.1) is 0 Å². The minimum absolute atomic E-state index is 0.0476. The van der Waals surface area contributed by atoms with E-state index in [1.54, 1.807) is 21.6 Å². The molecule has 0 saturated carbocycles. The summed E-state index contributed by atoms with van der Waals surface area (Å²) in [7, 11) is 1.47. The average molecular weight is 391 g/mol. The number of amides is 1. The molecule has 0 unspecified atom stereocenters. The number of benzene rings is 1. The van der Waals surface area contributed by atoms with Gasteiger partial charge in [0, 0.05) is 13.2 Å². The summed E-state index contributed by atoms with van der Waals surface area (Å²) in [5, 5.41) is 12.5. The molecule has 0 aliphatic rings. The number of rotatable bonds is 5. The molecule has 0 fully saturated rings. The maximum absolute atomic E-state index is 12.0. The Morgan fingerprint density at radius 3 is 2.72 bits per heavy atom. The minimum atomic E-state index is -0.273. The van der Waals surface area contributed by atoms with E-state index in [1.807, 2.05) is 26.0 Å². The standard InChI is InChI=1S/C20H21N7O2/c1-12-5-6-16(13(2)7-12)26-19-15(9-23-26)20(22-11-21-19)27-17(8-14(3)25-27)24-18(28)10-29-4/h5-9,11H,10H2,1-4H3,(H,24,28). The van der Waals surface area contributed by atoms with Gasteiger partial charge in [-0.05, 0) is 32.4 Å². The molecule has 0 bridgehead atoms. The number of aromatic nitrogens is 6. The molecule has 9 heteroatoms. The molecule has 1 amide bonds. The van der Waals surface area contributed by atoms with E-state index in [0.717, 1.165) is 22.3 Å². The van der Waals surface area contributed by atoms with Crippen molar-refractivity contribution < 1.29 is 9.53 Å². The first kappa shape index (κ1) is 18.8. The fourth-order valence-corrected chi connectivity index (χ4v) is 3.28. The second kappa shape index (κ2) is 7.44. The highest BCUT2D eigenvalue weighted by atomic mass is 16.5. The fraction of sp³-hybridized carbons (Fsp3) is 0.250. The highest BCUT2D eigenvalue weighted by molar-refractivity contribution is 5.92. The van der Waals surface area contributed by atoms with Crippen molar-refractivity contribution in [3.63, 3.8) is 0 Å². The Morgan fingerprint density at radius 2 is 1.97 bits per heavy atom. The normalized spacial score (nSPS) is 11.2. The van der Waals surface area contributed by atoms with Crippen LogP contribution in [-0.2, 0) is 9.53 Å². The summed E-state index contributed by atoms with van der Waals surface area (Å²) in [5.74, 6) is 0.764. The van der Waals surface area contributed by atoms with Gasteiger partial charge in [0.15, 0.2) is 11.5 Å². The van der Waals surface area contributed by atoms with E-state index < -0.39 is 0 Å². The first-order valence-corrected chi connectivity index (χ1v) is 9.10. The van der Waals surface area contributed by atoms with Crippen LogP contribution in [0.2, 0.25) is 0 Å². The van der Waals surface area contributed by atoms with Gasteiger partial charge in [-0.3, -0.25) is 4.79 Å². The lowest BCUT2D eigenvalue weighted by Gasteiger charge is -2.10. The van der Waals surface area contributed by atoms with E-state index in [9.17, 15) is 4.79 Å². The van der Waals surface area contributed by atoms with Crippen molar-refractivity contribution in [2.75, 3.05) is 19.0 Å². The van der Waals surface area contributed by atoms with Crippen molar-refractivity contribution in [2.45, 2.75) is 20.8 Å². The highest BCUT2D eigenvalue weighted by Gasteiger charge is 2.18. The molecule has 1 N–H and O–H groups in total. The topological polar surface area (TPSA) is 99.8 Å². The van der Waals surface area contributed by atoms with E-state index in [4.69, 9.17) is 4.74 Å². The molecule has 0 aliphatic carbocycles. The van der Waals surface area contributed by atoms with Gasteiger partial charge < -0.3 is 10.1 Å². The number of ether oxygens (including phenoxy) is 1. The van der Waals surface area contributed by atoms with Crippen molar-refractivity contribution in [1.29, 1.82) is 0 Å². The summed E-state index contributed by atoms with van der Waals surface area (Å²) in [6.45, 7) is 5.89. The monoisotopic (exact) mass is 391 g/mol. The number of hydrogen-bond donors (Lipinski definition) is 1. The number of fused-ring (bicyclic) bond motifs is 1. The number of methoxy groups -OCH3 is 1. The van der Waals surface area contributed by atoms with E-state index >= 15 is 0 Å². The van der Waals surface area contributed by atoms with Crippen LogP contribution in [0.3, 0.4) is 0 Å². The van der Waals surface area contributed by atoms with Gasteiger partial charge in [0.2, 0.25) is 0 Å². The molecule has 9 nitrogen and oxygen atoms in total. The lowest BCUT2D eigenvalue weighted by atomic mass is 10.1. The summed E-state index contributed by atoms with van der Waals surface area (Å²) in [6, 6.07) is 7.94. The second-order valence-corrected chi connectivity index (χ2v) is 6.84. The number of carbonyl (C=O) groups excluding carboxylic acids is 1. The van der Waals surface area contributed by atoms with Gasteiger partial charge in [0.1, 0.15) is 18.8 Å². The van der Waals surface area contributed by atoms with Crippen LogP contribution in [0.15, 0.2) is 36.8 Å². The largest absolute Gasteiger partial charge is 0.375 e. The van der Waals surface area contributed by atoms with Crippen molar-refractivity contribution in [3.05, 3.63) is 53.6 Å². The summed E-state index contributed by atoms with van der Waals surface area (Å²) < 4.78 is 8.26. The van der Waals surface area contributed by atoms with Gasteiger partial charge >= 0.3 is 0 Å². The zero-order valence-electron chi connectivity index (χ0n) is 16.7. The number of nitrogens with zero attached hydrogens (tertiary/aromatic N) is 6. The van der Waals surface area contributed by atoms with Gasteiger partial charge in [0.05, 0.1) is 23.0 Å². The Labute approximate surface area is 167 Å². The molecular formula is C20H21N7O2. The highest BCUT2D eigenvalue weighted by Crippen LogP contribution is 2.25. The molecule has 0 radical (unpaired) electrons. The molecule has 4 aromatic rings. The van der Waals surface area contributed by atoms with Crippen molar-refractivity contribution in [1.82, 2.24) is 29.5 Å². The van der Waals surface area contributed by atoms with Crippen LogP contribution < -0.4 is 5.32 Å². The third-order valence-electron chi connectivity index (χ3n) is 4.50. The molecule has 0 spiro atoms. The predicted molar refractivity (Wildman–Crippen MR) is 108 cm³/mol. The minimum Gasteiger partial charge on any atom is -0.375 e. The fourth-order valence-electron chi connectivity index (χ4n) is 3.28. The van der Waals surface area contributed by atoms with Gasteiger partial charge in [0.25, 0.3) is 5.91 Å². The summed E-state index contributed by atoms with van der Waals surface area (Å²) in [6.07, 6.45) is 3.18. The van der Waals surface area contributed by atoms with Crippen LogP contribution >= 0.6 is 0 Å². The lowest BCUT2D eigenvalue weighted by molar-refractivity contribution is -0.119. The maximum atomic E-state index is 12.0. The molecule has 4 rings (SSSR count). The molecule has 29 heavy (non-hydrogen) atoms. The lowest BCUT2D eigenvalue weighted by Crippen LogP contribution is -2.19. The molecule has 3 heterocycles. The third kappa shape index (κ3) is 3.47. The first-order valence-electron chi connectivity index (χ1n) is 9.10.